The Bertz CT molecular complexity index is 2830. The third-order valence-corrected chi connectivity index (χ3v) is 12.2. The molecule has 3 aliphatic carbocycles. The molecule has 0 saturated heterocycles. The van der Waals surface area contributed by atoms with Gasteiger partial charge in [-0.05, 0) is 123 Å². The van der Waals surface area contributed by atoms with Crippen LogP contribution in [0.3, 0.4) is 0 Å². The summed E-state index contributed by atoms with van der Waals surface area (Å²) in [7, 11) is 0. The summed E-state index contributed by atoms with van der Waals surface area (Å²) in [6, 6.07) is 63.0. The molecule has 0 N–H and O–H groups in total. The van der Waals surface area contributed by atoms with Gasteiger partial charge in [-0.15, -0.1) is 0 Å². The van der Waals surface area contributed by atoms with E-state index in [1.54, 1.807) is 0 Å². The molecule has 7 aromatic carbocycles. The molecule has 0 bridgehead atoms. The molecule has 0 amide bonds. The second kappa shape index (κ2) is 13.7. The average Bonchev–Trinajstić information content (AvgIpc) is 3.81. The number of allylic oxidation sites excluding steroid dienone is 5. The standard InChI is InChI=1S/C55H41NO/c1-4-14-38(15-5-1)39-24-29-44(30-25-39)56(45-31-26-40(27-32-45)41-28-35-54-50(36-41)49-21-11-13-23-53(49)57-54)46-33-34-48-47-20-10-12-22-51(47)55(52(48)37-46,42-16-6-2-7-17-42)43-18-8-3-9-19-43/h2-4,6-12,14-22,24-37H,1,5,13,23H2. The highest BCUT2D eigenvalue weighted by molar-refractivity contribution is 5.93. The van der Waals surface area contributed by atoms with E-state index < -0.39 is 5.41 Å². The SMILES string of the molecule is C1=CC(c2ccc(N(c3ccc(-c4ccc5oc6c(c5c4)C=CCC6)cc3)c3ccc4c(c3)C(c3ccccc3)(c3ccccc3)c3ccccc3-4)cc2)=CCC1. The minimum absolute atomic E-state index is 0.482. The molecule has 0 atom stereocenters. The topological polar surface area (TPSA) is 16.4 Å². The Kier molecular flexibility index (Phi) is 8.03. The first-order valence-corrected chi connectivity index (χ1v) is 20.2. The van der Waals surface area contributed by atoms with E-state index in [9.17, 15) is 0 Å². The lowest BCUT2D eigenvalue weighted by Crippen LogP contribution is -2.28. The van der Waals surface area contributed by atoms with Crippen molar-refractivity contribution in [1.29, 1.82) is 0 Å². The monoisotopic (exact) mass is 731 g/mol. The van der Waals surface area contributed by atoms with Crippen LogP contribution in [0.1, 0.15) is 58.4 Å². The Hall–Kier alpha value is -6.90. The van der Waals surface area contributed by atoms with Crippen LogP contribution in [0.4, 0.5) is 17.1 Å². The van der Waals surface area contributed by atoms with Crippen LogP contribution >= 0.6 is 0 Å². The van der Waals surface area contributed by atoms with Crippen LogP contribution in [0.15, 0.2) is 199 Å². The van der Waals surface area contributed by atoms with Crippen molar-refractivity contribution < 1.29 is 4.42 Å². The molecule has 0 spiro atoms. The molecule has 0 radical (unpaired) electrons. The van der Waals surface area contributed by atoms with Crippen LogP contribution in [0.5, 0.6) is 0 Å². The van der Waals surface area contributed by atoms with Crippen molar-refractivity contribution >= 4 is 39.7 Å². The van der Waals surface area contributed by atoms with Crippen LogP contribution in [0.25, 0.3) is 44.9 Å². The number of hydrogen-bond acceptors (Lipinski definition) is 2. The molecule has 2 nitrogen and oxygen atoms in total. The van der Waals surface area contributed by atoms with Crippen LogP contribution in [0, 0.1) is 0 Å². The second-order valence-corrected chi connectivity index (χ2v) is 15.4. The zero-order valence-corrected chi connectivity index (χ0v) is 31.7. The van der Waals surface area contributed by atoms with Gasteiger partial charge >= 0.3 is 0 Å². The van der Waals surface area contributed by atoms with Crippen molar-refractivity contribution in [2.24, 2.45) is 0 Å². The number of hydrogen-bond donors (Lipinski definition) is 0. The molecule has 1 heterocycles. The Balaban J connectivity index is 1.07. The van der Waals surface area contributed by atoms with Crippen LogP contribution in [0.2, 0.25) is 0 Å². The van der Waals surface area contributed by atoms with Crippen molar-refractivity contribution in [3.05, 3.63) is 233 Å². The van der Waals surface area contributed by atoms with Gasteiger partial charge in [0.05, 0.1) is 5.41 Å². The maximum atomic E-state index is 6.24. The molecule has 0 fully saturated rings. The number of benzene rings is 7. The van der Waals surface area contributed by atoms with Gasteiger partial charge in [-0.25, -0.2) is 0 Å². The molecule has 272 valence electrons. The minimum Gasteiger partial charge on any atom is -0.460 e. The van der Waals surface area contributed by atoms with E-state index in [2.05, 4.69) is 205 Å². The maximum Gasteiger partial charge on any atom is 0.134 e. The lowest BCUT2D eigenvalue weighted by Gasteiger charge is -2.35. The van der Waals surface area contributed by atoms with E-state index in [0.717, 1.165) is 54.1 Å². The molecular weight excluding hydrogens is 691 g/mol. The Morgan fingerprint density at radius 3 is 1.82 bits per heavy atom. The molecule has 0 unspecified atom stereocenters. The van der Waals surface area contributed by atoms with Gasteiger partial charge in [0.25, 0.3) is 0 Å². The van der Waals surface area contributed by atoms with Gasteiger partial charge in [0.1, 0.15) is 11.3 Å². The number of aryl methyl sites for hydroxylation is 1. The largest absolute Gasteiger partial charge is 0.460 e. The van der Waals surface area contributed by atoms with E-state index >= 15 is 0 Å². The molecule has 11 rings (SSSR count). The van der Waals surface area contributed by atoms with Crippen LogP contribution < -0.4 is 4.90 Å². The Morgan fingerprint density at radius 1 is 0.474 bits per heavy atom. The smallest absolute Gasteiger partial charge is 0.134 e. The van der Waals surface area contributed by atoms with Gasteiger partial charge in [-0.2, -0.15) is 0 Å². The lowest BCUT2D eigenvalue weighted by molar-refractivity contribution is 0.546. The normalized spacial score (nSPS) is 14.8. The van der Waals surface area contributed by atoms with Gasteiger partial charge in [0.2, 0.25) is 0 Å². The van der Waals surface area contributed by atoms with E-state index in [1.807, 2.05) is 0 Å². The quantitative estimate of drug-likeness (QED) is 0.162. The summed E-state index contributed by atoms with van der Waals surface area (Å²) in [4.78, 5) is 2.42. The predicted molar refractivity (Wildman–Crippen MR) is 237 cm³/mol. The molecule has 1 aromatic heterocycles. The van der Waals surface area contributed by atoms with Gasteiger partial charge in [0, 0.05) is 34.4 Å². The fraction of sp³-hybridized carbons (Fsp3) is 0.0909. The van der Waals surface area contributed by atoms with Crippen molar-refractivity contribution in [2.75, 3.05) is 4.90 Å². The van der Waals surface area contributed by atoms with Gasteiger partial charge < -0.3 is 9.32 Å². The predicted octanol–water partition coefficient (Wildman–Crippen LogP) is 14.6. The number of fused-ring (bicyclic) bond motifs is 6. The van der Waals surface area contributed by atoms with Crippen molar-refractivity contribution in [3.8, 4) is 22.3 Å². The molecule has 57 heavy (non-hydrogen) atoms. The van der Waals surface area contributed by atoms with Crippen LogP contribution in [-0.2, 0) is 11.8 Å². The van der Waals surface area contributed by atoms with E-state index in [-0.39, 0.29) is 0 Å². The highest BCUT2D eigenvalue weighted by atomic mass is 16.3. The minimum atomic E-state index is -0.482. The summed E-state index contributed by atoms with van der Waals surface area (Å²) in [6.07, 6.45) is 15.5. The van der Waals surface area contributed by atoms with Crippen molar-refractivity contribution in [1.82, 2.24) is 0 Å². The Morgan fingerprint density at radius 2 is 1.11 bits per heavy atom. The van der Waals surface area contributed by atoms with Gasteiger partial charge in [-0.3, -0.25) is 0 Å². The molecular formula is C55H41NO. The van der Waals surface area contributed by atoms with E-state index in [0.29, 0.717) is 0 Å². The van der Waals surface area contributed by atoms with E-state index in [4.69, 9.17) is 4.42 Å². The fourth-order valence-corrected chi connectivity index (χ4v) is 9.58. The van der Waals surface area contributed by atoms with E-state index in [1.165, 1.54) is 66.6 Å². The van der Waals surface area contributed by atoms with Crippen LogP contribution in [-0.4, -0.2) is 0 Å². The molecule has 0 aliphatic heterocycles. The number of anilines is 3. The molecule has 2 heteroatoms. The zero-order chi connectivity index (χ0) is 37.8. The zero-order valence-electron chi connectivity index (χ0n) is 31.7. The van der Waals surface area contributed by atoms with Gasteiger partial charge in [0.15, 0.2) is 0 Å². The number of nitrogens with zero attached hydrogens (tertiary/aromatic N) is 1. The molecule has 8 aromatic rings. The maximum absolute atomic E-state index is 6.24. The highest BCUT2D eigenvalue weighted by Gasteiger charge is 2.46. The summed E-state index contributed by atoms with van der Waals surface area (Å²) in [5.74, 6) is 1.10. The lowest BCUT2D eigenvalue weighted by atomic mass is 9.67. The fourth-order valence-electron chi connectivity index (χ4n) is 9.58. The summed E-state index contributed by atoms with van der Waals surface area (Å²) >= 11 is 0. The summed E-state index contributed by atoms with van der Waals surface area (Å²) < 4.78 is 6.24. The highest BCUT2D eigenvalue weighted by Crippen LogP contribution is 2.57. The van der Waals surface area contributed by atoms with Gasteiger partial charge in [-0.1, -0.05) is 152 Å². The third-order valence-electron chi connectivity index (χ3n) is 12.2. The first kappa shape index (κ1) is 33.4. The third kappa shape index (κ3) is 5.47. The average molecular weight is 732 g/mol. The first-order chi connectivity index (χ1) is 28.3. The van der Waals surface area contributed by atoms with Crippen molar-refractivity contribution in [3.63, 3.8) is 0 Å². The summed E-state index contributed by atoms with van der Waals surface area (Å²) in [5.41, 5.74) is 17.6. The first-order valence-electron chi connectivity index (χ1n) is 20.2. The molecule has 0 saturated carbocycles. The Labute approximate surface area is 334 Å². The summed E-state index contributed by atoms with van der Waals surface area (Å²) in [5, 5.41) is 1.19. The summed E-state index contributed by atoms with van der Waals surface area (Å²) in [6.45, 7) is 0. The number of furan rings is 1. The molecule has 3 aliphatic rings. The van der Waals surface area contributed by atoms with Crippen molar-refractivity contribution in [2.45, 2.75) is 31.1 Å². The number of rotatable bonds is 7. The second-order valence-electron chi connectivity index (χ2n) is 15.4.